The lowest BCUT2D eigenvalue weighted by Gasteiger charge is -2.43. The molecule has 0 heterocycles. The molecule has 92 valence electrons. The number of carbonyl (C=O) groups excluding carboxylic acids is 1. The number of allylic oxidation sites excluding steroid dienone is 3. The summed E-state index contributed by atoms with van der Waals surface area (Å²) < 4.78 is 0. The number of hydrogen-bond acceptors (Lipinski definition) is 2. The summed E-state index contributed by atoms with van der Waals surface area (Å²) in [6, 6.07) is 0. The molecule has 0 aliphatic carbocycles. The van der Waals surface area contributed by atoms with Crippen LogP contribution in [0.1, 0.15) is 47.5 Å². The highest BCUT2D eigenvalue weighted by Gasteiger charge is 2.39. The molecule has 2 heteroatoms. The van der Waals surface area contributed by atoms with Crippen molar-refractivity contribution >= 4 is 5.97 Å². The molecule has 0 N–H and O–H groups in total. The van der Waals surface area contributed by atoms with E-state index >= 15 is 0 Å². The maximum atomic E-state index is 11.1. The van der Waals surface area contributed by atoms with Crippen LogP contribution in [0.2, 0.25) is 0 Å². The molecule has 0 radical (unpaired) electrons. The molecule has 0 aromatic rings. The first-order valence-corrected chi connectivity index (χ1v) is 5.66. The van der Waals surface area contributed by atoms with E-state index in [2.05, 4.69) is 12.7 Å². The van der Waals surface area contributed by atoms with Crippen LogP contribution in [0.5, 0.6) is 0 Å². The molecule has 0 saturated carbocycles. The van der Waals surface area contributed by atoms with Crippen molar-refractivity contribution in [3.8, 4) is 0 Å². The predicted octanol–water partition coefficient (Wildman–Crippen LogP) is 2.70. The monoisotopic (exact) mass is 223 g/mol. The van der Waals surface area contributed by atoms with Crippen LogP contribution in [-0.2, 0) is 4.79 Å². The third-order valence-electron chi connectivity index (χ3n) is 3.60. The second kappa shape index (κ2) is 5.33. The van der Waals surface area contributed by atoms with Gasteiger partial charge in [-0.05, 0) is 32.1 Å². The van der Waals surface area contributed by atoms with E-state index in [9.17, 15) is 9.90 Å². The number of aliphatic carboxylic acids is 1. The zero-order valence-corrected chi connectivity index (χ0v) is 11.1. The molecule has 0 aliphatic rings. The van der Waals surface area contributed by atoms with Gasteiger partial charge in [0.15, 0.2) is 0 Å². The Morgan fingerprint density at radius 1 is 1.31 bits per heavy atom. The van der Waals surface area contributed by atoms with E-state index in [1.807, 2.05) is 20.8 Å². The Labute approximate surface area is 99.1 Å². The lowest BCUT2D eigenvalue weighted by atomic mass is 9.64. The van der Waals surface area contributed by atoms with Crippen LogP contribution in [0, 0.1) is 10.8 Å². The van der Waals surface area contributed by atoms with E-state index in [1.54, 1.807) is 19.9 Å². The largest absolute Gasteiger partial charge is 0.550 e. The fourth-order valence-electron chi connectivity index (χ4n) is 1.56. The molecule has 16 heavy (non-hydrogen) atoms. The molecule has 0 saturated heterocycles. The normalized spacial score (nSPS) is 15.1. The first-order valence-electron chi connectivity index (χ1n) is 5.66. The van der Waals surface area contributed by atoms with E-state index in [-0.39, 0.29) is 0 Å². The number of carboxylic acids is 1. The van der Waals surface area contributed by atoms with Gasteiger partial charge in [-0.1, -0.05) is 38.5 Å². The number of carbonyl (C=O) groups is 1. The maximum absolute atomic E-state index is 11.1. The Bertz CT molecular complexity index is 296. The van der Waals surface area contributed by atoms with Crippen LogP contribution in [0.3, 0.4) is 0 Å². The molecule has 0 rings (SSSR count). The van der Waals surface area contributed by atoms with E-state index in [0.29, 0.717) is 0 Å². The van der Waals surface area contributed by atoms with Gasteiger partial charge in [-0.2, -0.15) is 0 Å². The number of rotatable bonds is 6. The minimum Gasteiger partial charge on any atom is -0.550 e. The summed E-state index contributed by atoms with van der Waals surface area (Å²) in [5.74, 6) is -1.02. The van der Waals surface area contributed by atoms with E-state index in [0.717, 1.165) is 12.8 Å². The van der Waals surface area contributed by atoms with Crippen molar-refractivity contribution in [1.82, 2.24) is 0 Å². The maximum Gasteiger partial charge on any atom is 0.0479 e. The van der Waals surface area contributed by atoms with Gasteiger partial charge in [-0.25, -0.2) is 0 Å². The topological polar surface area (TPSA) is 40.1 Å². The Balaban J connectivity index is 4.85. The minimum absolute atomic E-state index is 0.447. The van der Waals surface area contributed by atoms with E-state index in [4.69, 9.17) is 0 Å². The summed E-state index contributed by atoms with van der Waals surface area (Å²) in [4.78, 5) is 11.1. The van der Waals surface area contributed by atoms with Crippen LogP contribution in [-0.4, -0.2) is 5.97 Å². The average Bonchev–Trinajstić information content (AvgIpc) is 2.16. The quantitative estimate of drug-likeness (QED) is 0.649. The van der Waals surface area contributed by atoms with Crippen LogP contribution < -0.4 is 5.11 Å². The van der Waals surface area contributed by atoms with Crippen LogP contribution in [0.4, 0.5) is 0 Å². The van der Waals surface area contributed by atoms with Gasteiger partial charge >= 0.3 is 0 Å². The second-order valence-corrected chi connectivity index (χ2v) is 5.35. The molecule has 0 amide bonds. The third-order valence-corrected chi connectivity index (χ3v) is 3.60. The van der Waals surface area contributed by atoms with E-state index in [1.165, 1.54) is 5.57 Å². The molecular weight excluding hydrogens is 200 g/mol. The van der Waals surface area contributed by atoms with Gasteiger partial charge in [0.2, 0.25) is 0 Å². The van der Waals surface area contributed by atoms with Gasteiger partial charge in [0.1, 0.15) is 0 Å². The van der Waals surface area contributed by atoms with Crippen molar-refractivity contribution in [2.24, 2.45) is 10.8 Å². The summed E-state index contributed by atoms with van der Waals surface area (Å²) in [7, 11) is 0. The SMILES string of the molecule is C=CC(C)(CCC=C(C)C)C(C)(C)C(=O)[O-]. The van der Waals surface area contributed by atoms with E-state index < -0.39 is 16.8 Å². The molecule has 0 bridgehead atoms. The molecule has 0 aromatic heterocycles. The highest BCUT2D eigenvalue weighted by atomic mass is 16.4. The van der Waals surface area contributed by atoms with Crippen LogP contribution in [0.15, 0.2) is 24.3 Å². The molecule has 1 unspecified atom stereocenters. The molecule has 0 spiro atoms. The van der Waals surface area contributed by atoms with Crippen molar-refractivity contribution in [3.63, 3.8) is 0 Å². The van der Waals surface area contributed by atoms with Crippen LogP contribution in [0.25, 0.3) is 0 Å². The van der Waals surface area contributed by atoms with Gasteiger partial charge in [-0.3, -0.25) is 0 Å². The Kier molecular flexibility index (Phi) is 4.98. The van der Waals surface area contributed by atoms with Gasteiger partial charge in [0, 0.05) is 11.4 Å². The zero-order valence-electron chi connectivity index (χ0n) is 11.1. The molecular formula is C14H23O2-. The Morgan fingerprint density at radius 3 is 2.12 bits per heavy atom. The van der Waals surface area contributed by atoms with Gasteiger partial charge in [-0.15, -0.1) is 6.58 Å². The third kappa shape index (κ3) is 3.22. The first-order chi connectivity index (χ1) is 7.17. The number of hydrogen-bond donors (Lipinski definition) is 0. The fraction of sp³-hybridized carbons (Fsp3) is 0.643. The summed E-state index contributed by atoms with van der Waals surface area (Å²) in [6.07, 6.45) is 5.49. The summed E-state index contributed by atoms with van der Waals surface area (Å²) in [6.45, 7) is 13.2. The molecule has 2 nitrogen and oxygen atoms in total. The Morgan fingerprint density at radius 2 is 1.81 bits per heavy atom. The fourth-order valence-corrected chi connectivity index (χ4v) is 1.56. The molecule has 0 aliphatic heterocycles. The van der Waals surface area contributed by atoms with Crippen molar-refractivity contribution < 1.29 is 9.90 Å². The lowest BCUT2D eigenvalue weighted by molar-refractivity contribution is -0.322. The van der Waals surface area contributed by atoms with Crippen LogP contribution >= 0.6 is 0 Å². The molecule has 0 aromatic carbocycles. The minimum atomic E-state index is -1.02. The number of carboxylic acid groups (broad SMARTS) is 1. The standard InChI is InChI=1S/C14H24O2/c1-7-14(6,10-8-9-11(2)3)13(4,5)12(15)16/h7,9H,1,8,10H2,2-6H3,(H,15,16)/p-1. The highest BCUT2D eigenvalue weighted by Crippen LogP contribution is 2.43. The molecule has 0 fully saturated rings. The predicted molar refractivity (Wildman–Crippen MR) is 65.8 cm³/mol. The van der Waals surface area contributed by atoms with Crippen molar-refractivity contribution in [3.05, 3.63) is 24.3 Å². The van der Waals surface area contributed by atoms with Crippen molar-refractivity contribution in [2.75, 3.05) is 0 Å². The Hall–Kier alpha value is -1.05. The summed E-state index contributed by atoms with van der Waals surface area (Å²) >= 11 is 0. The summed E-state index contributed by atoms with van der Waals surface area (Å²) in [5, 5.41) is 11.1. The zero-order chi connectivity index (χ0) is 13.0. The highest BCUT2D eigenvalue weighted by molar-refractivity contribution is 5.73. The van der Waals surface area contributed by atoms with Gasteiger partial charge < -0.3 is 9.90 Å². The first kappa shape index (κ1) is 14.9. The summed E-state index contributed by atoms with van der Waals surface area (Å²) in [5.41, 5.74) is -0.0974. The molecule has 1 atom stereocenters. The smallest absolute Gasteiger partial charge is 0.0479 e. The van der Waals surface area contributed by atoms with Crippen molar-refractivity contribution in [1.29, 1.82) is 0 Å². The lowest BCUT2D eigenvalue weighted by Crippen LogP contribution is -2.48. The van der Waals surface area contributed by atoms with Gasteiger partial charge in [0.25, 0.3) is 0 Å². The van der Waals surface area contributed by atoms with Crippen molar-refractivity contribution in [2.45, 2.75) is 47.5 Å². The second-order valence-electron chi connectivity index (χ2n) is 5.35. The van der Waals surface area contributed by atoms with Gasteiger partial charge in [0.05, 0.1) is 0 Å². The average molecular weight is 223 g/mol.